The molecule has 0 saturated heterocycles. The molecule has 2 aromatic heterocycles. The Kier molecular flexibility index (Phi) is 6.78. The zero-order chi connectivity index (χ0) is 25.2. The van der Waals surface area contributed by atoms with Gasteiger partial charge in [-0.3, -0.25) is 4.79 Å². The second-order valence-electron chi connectivity index (χ2n) is 9.98. The number of hydrogen-bond acceptors (Lipinski definition) is 5. The van der Waals surface area contributed by atoms with E-state index in [0.29, 0.717) is 17.7 Å². The lowest BCUT2D eigenvalue weighted by molar-refractivity contribution is 0.0522. The summed E-state index contributed by atoms with van der Waals surface area (Å²) in [6.45, 7) is 10.2. The quantitative estimate of drug-likeness (QED) is 0.371. The fraction of sp³-hybridized carbons (Fsp3) is 0.321. The Bertz CT molecular complexity index is 1380. The van der Waals surface area contributed by atoms with Crippen LogP contribution in [0.4, 0.5) is 4.79 Å². The van der Waals surface area contributed by atoms with E-state index < -0.39 is 11.7 Å². The molecule has 7 heteroatoms. The Morgan fingerprint density at radius 1 is 1.09 bits per heavy atom. The van der Waals surface area contributed by atoms with Gasteiger partial charge in [0, 0.05) is 28.8 Å². The zero-order valence-corrected chi connectivity index (χ0v) is 20.8. The first-order valence-electron chi connectivity index (χ1n) is 11.7. The van der Waals surface area contributed by atoms with E-state index in [1.54, 1.807) is 10.8 Å². The molecule has 1 amide bonds. The minimum atomic E-state index is -0.626. The molecule has 4 aromatic rings. The number of carbonyl (C=O) groups is 1. The third-order valence-electron chi connectivity index (χ3n) is 5.50. The van der Waals surface area contributed by atoms with Crippen LogP contribution >= 0.6 is 0 Å². The van der Waals surface area contributed by atoms with Gasteiger partial charge in [-0.2, -0.15) is 0 Å². The molecule has 0 unspecified atom stereocenters. The van der Waals surface area contributed by atoms with Crippen molar-refractivity contribution in [1.82, 2.24) is 14.9 Å². The van der Waals surface area contributed by atoms with Gasteiger partial charge in [-0.15, -0.1) is 0 Å². The van der Waals surface area contributed by atoms with E-state index in [4.69, 9.17) is 9.15 Å². The van der Waals surface area contributed by atoms with Crippen molar-refractivity contribution in [2.45, 2.75) is 53.3 Å². The lowest BCUT2D eigenvalue weighted by atomic mass is 9.94. The van der Waals surface area contributed by atoms with Crippen LogP contribution in [-0.2, 0) is 17.8 Å². The minimum Gasteiger partial charge on any atom is -0.444 e. The van der Waals surface area contributed by atoms with Crippen molar-refractivity contribution in [1.29, 1.82) is 0 Å². The molecule has 2 aromatic carbocycles. The minimum absolute atomic E-state index is 0.0986. The second-order valence-corrected chi connectivity index (χ2v) is 9.98. The van der Waals surface area contributed by atoms with Gasteiger partial charge >= 0.3 is 6.09 Å². The van der Waals surface area contributed by atoms with Crippen molar-refractivity contribution in [3.8, 4) is 22.5 Å². The Morgan fingerprint density at radius 3 is 2.46 bits per heavy atom. The van der Waals surface area contributed by atoms with Crippen LogP contribution in [0.5, 0.6) is 0 Å². The van der Waals surface area contributed by atoms with E-state index >= 15 is 0 Å². The standard InChI is InChI=1S/C28H31N3O4/c1-18(2)16-31-23(14-30-27(33)35-28(3,4)5)25(19-9-7-6-8-10-19)22-13-20(24-15-29-17-34-24)11-12-21(22)26(31)32/h6-13,15,17-18H,14,16H2,1-5H3,(H,30,33). The number of carbonyl (C=O) groups excluding carboxylic acids is 1. The number of alkyl carbamates (subject to hydrolysis) is 1. The van der Waals surface area contributed by atoms with Crippen LogP contribution in [0, 0.1) is 5.92 Å². The van der Waals surface area contributed by atoms with E-state index in [1.165, 1.54) is 6.39 Å². The molecule has 7 nitrogen and oxygen atoms in total. The SMILES string of the molecule is CC(C)Cn1c(CNC(=O)OC(C)(C)C)c(-c2ccccc2)c2cc(-c3cnco3)ccc2c1=O. The van der Waals surface area contributed by atoms with Gasteiger partial charge in [-0.25, -0.2) is 9.78 Å². The summed E-state index contributed by atoms with van der Waals surface area (Å²) < 4.78 is 12.7. The summed E-state index contributed by atoms with van der Waals surface area (Å²) in [5, 5.41) is 4.26. The van der Waals surface area contributed by atoms with Crippen molar-refractivity contribution in [3.05, 3.63) is 77.2 Å². The average Bonchev–Trinajstić information content (AvgIpc) is 3.34. The first kappa shape index (κ1) is 24.3. The summed E-state index contributed by atoms with van der Waals surface area (Å²) in [7, 11) is 0. The van der Waals surface area contributed by atoms with Gasteiger partial charge in [0.25, 0.3) is 5.56 Å². The Morgan fingerprint density at radius 2 is 1.83 bits per heavy atom. The molecule has 0 bridgehead atoms. The van der Waals surface area contributed by atoms with Crippen LogP contribution in [0.25, 0.3) is 33.2 Å². The van der Waals surface area contributed by atoms with E-state index in [9.17, 15) is 9.59 Å². The third-order valence-corrected chi connectivity index (χ3v) is 5.50. The van der Waals surface area contributed by atoms with Gasteiger partial charge in [-0.1, -0.05) is 50.2 Å². The number of fused-ring (bicyclic) bond motifs is 1. The first-order chi connectivity index (χ1) is 16.6. The summed E-state index contributed by atoms with van der Waals surface area (Å²) >= 11 is 0. The number of ether oxygens (including phenoxy) is 1. The van der Waals surface area contributed by atoms with Crippen LogP contribution in [-0.4, -0.2) is 21.2 Å². The summed E-state index contributed by atoms with van der Waals surface area (Å²) in [6, 6.07) is 15.6. The predicted molar refractivity (Wildman–Crippen MR) is 137 cm³/mol. The highest BCUT2D eigenvalue weighted by Crippen LogP contribution is 2.34. The molecule has 0 fully saturated rings. The molecule has 0 aliphatic rings. The normalized spacial score (nSPS) is 11.7. The number of hydrogen-bond donors (Lipinski definition) is 1. The Balaban J connectivity index is 1.97. The van der Waals surface area contributed by atoms with Gasteiger partial charge in [-0.05, 0) is 49.8 Å². The molecule has 0 aliphatic carbocycles. The largest absolute Gasteiger partial charge is 0.444 e. The van der Waals surface area contributed by atoms with E-state index in [-0.39, 0.29) is 18.0 Å². The van der Waals surface area contributed by atoms with Crippen LogP contribution in [0.15, 0.2) is 70.3 Å². The number of rotatable bonds is 6. The highest BCUT2D eigenvalue weighted by molar-refractivity contribution is 5.99. The van der Waals surface area contributed by atoms with Crippen molar-refractivity contribution in [2.75, 3.05) is 0 Å². The molecule has 182 valence electrons. The molecule has 4 rings (SSSR count). The van der Waals surface area contributed by atoms with Gasteiger partial charge in [0.15, 0.2) is 12.2 Å². The predicted octanol–water partition coefficient (Wildman–Crippen LogP) is 6.00. The third kappa shape index (κ3) is 5.45. The second kappa shape index (κ2) is 9.78. The summed E-state index contributed by atoms with van der Waals surface area (Å²) in [5.74, 6) is 0.841. The monoisotopic (exact) mass is 473 g/mol. The summed E-state index contributed by atoms with van der Waals surface area (Å²) in [5.41, 5.74) is 2.66. The maximum absolute atomic E-state index is 13.7. The van der Waals surface area contributed by atoms with Crippen molar-refractivity contribution in [2.24, 2.45) is 5.92 Å². The molecular weight excluding hydrogens is 442 g/mol. The highest BCUT2D eigenvalue weighted by Gasteiger charge is 2.22. The smallest absolute Gasteiger partial charge is 0.407 e. The number of amides is 1. The van der Waals surface area contributed by atoms with Gasteiger partial charge in [0.2, 0.25) is 0 Å². The van der Waals surface area contributed by atoms with Gasteiger partial charge in [0.05, 0.1) is 12.7 Å². The zero-order valence-electron chi connectivity index (χ0n) is 20.8. The lowest BCUT2D eigenvalue weighted by Crippen LogP contribution is -2.35. The van der Waals surface area contributed by atoms with Crippen molar-refractivity contribution in [3.63, 3.8) is 0 Å². The van der Waals surface area contributed by atoms with Crippen molar-refractivity contribution >= 4 is 16.9 Å². The Hall–Kier alpha value is -3.87. The van der Waals surface area contributed by atoms with Gasteiger partial charge < -0.3 is 19.0 Å². The fourth-order valence-electron chi connectivity index (χ4n) is 4.15. The lowest BCUT2D eigenvalue weighted by Gasteiger charge is -2.23. The van der Waals surface area contributed by atoms with Crippen LogP contribution in [0.1, 0.15) is 40.3 Å². The Labute approximate surface area is 204 Å². The van der Waals surface area contributed by atoms with E-state index in [1.807, 2.05) is 69.3 Å². The topological polar surface area (TPSA) is 86.4 Å². The van der Waals surface area contributed by atoms with Crippen molar-refractivity contribution < 1.29 is 13.9 Å². The molecular formula is C28H31N3O4. The molecule has 0 aliphatic heterocycles. The maximum Gasteiger partial charge on any atom is 0.407 e. The van der Waals surface area contributed by atoms with Crippen LogP contribution < -0.4 is 10.9 Å². The summed E-state index contributed by atoms with van der Waals surface area (Å²) in [6.07, 6.45) is 2.50. The summed E-state index contributed by atoms with van der Waals surface area (Å²) in [4.78, 5) is 30.3. The van der Waals surface area contributed by atoms with E-state index in [0.717, 1.165) is 27.8 Å². The maximum atomic E-state index is 13.7. The van der Waals surface area contributed by atoms with Crippen LogP contribution in [0.3, 0.4) is 0 Å². The van der Waals surface area contributed by atoms with Gasteiger partial charge in [0.1, 0.15) is 5.60 Å². The molecule has 2 heterocycles. The highest BCUT2D eigenvalue weighted by atomic mass is 16.6. The molecule has 35 heavy (non-hydrogen) atoms. The molecule has 0 spiro atoms. The molecule has 0 atom stereocenters. The fourth-order valence-corrected chi connectivity index (χ4v) is 4.15. The number of nitrogens with zero attached hydrogens (tertiary/aromatic N) is 2. The molecule has 1 N–H and O–H groups in total. The molecule has 0 radical (unpaired) electrons. The van der Waals surface area contributed by atoms with Crippen LogP contribution in [0.2, 0.25) is 0 Å². The average molecular weight is 474 g/mol. The number of aromatic nitrogens is 2. The number of benzene rings is 2. The number of oxazole rings is 1. The number of nitrogens with one attached hydrogen (secondary N) is 1. The molecule has 0 saturated carbocycles. The van der Waals surface area contributed by atoms with E-state index in [2.05, 4.69) is 24.1 Å². The number of pyridine rings is 1. The first-order valence-corrected chi connectivity index (χ1v) is 11.7.